The van der Waals surface area contributed by atoms with E-state index < -0.39 is 0 Å². The number of ether oxygens (including phenoxy) is 1. The smallest absolute Gasteiger partial charge is 0.222 e. The topological polar surface area (TPSA) is 60.4 Å². The van der Waals surface area contributed by atoms with Gasteiger partial charge in [-0.25, -0.2) is 0 Å². The molecule has 1 N–H and O–H groups in total. The van der Waals surface area contributed by atoms with Crippen molar-refractivity contribution in [3.8, 4) is 5.75 Å². The third kappa shape index (κ3) is 4.98. The number of guanidine groups is 1. The van der Waals surface area contributed by atoms with Crippen molar-refractivity contribution < 1.29 is 9.53 Å². The SMILES string of the molecule is CN=C(NCc1ccccc1CN1CCCC1=O)N1CCN(c2ccccc2OC)CC1. The second kappa shape index (κ2) is 10.4. The molecule has 0 bridgehead atoms. The number of aliphatic imine (C=N–C) groups is 1. The lowest BCUT2D eigenvalue weighted by atomic mass is 10.1. The number of methoxy groups -OCH3 is 1. The zero-order valence-corrected chi connectivity index (χ0v) is 19.1. The average Bonchev–Trinajstić information content (AvgIpc) is 3.25. The molecule has 4 rings (SSSR count). The highest BCUT2D eigenvalue weighted by Gasteiger charge is 2.23. The first-order valence-electron chi connectivity index (χ1n) is 11.4. The number of hydrogen-bond donors (Lipinski definition) is 1. The summed E-state index contributed by atoms with van der Waals surface area (Å²) in [5.41, 5.74) is 3.55. The minimum Gasteiger partial charge on any atom is -0.495 e. The minimum absolute atomic E-state index is 0.261. The zero-order chi connectivity index (χ0) is 22.3. The third-order valence-electron chi connectivity index (χ3n) is 6.30. The number of hydrogen-bond acceptors (Lipinski definition) is 4. The fourth-order valence-corrected chi connectivity index (χ4v) is 4.52. The van der Waals surface area contributed by atoms with Crippen LogP contribution in [0.4, 0.5) is 5.69 Å². The molecule has 0 spiro atoms. The van der Waals surface area contributed by atoms with Gasteiger partial charge in [-0.3, -0.25) is 9.79 Å². The van der Waals surface area contributed by atoms with E-state index in [1.54, 1.807) is 7.11 Å². The normalized spacial score (nSPS) is 17.1. The van der Waals surface area contributed by atoms with E-state index in [4.69, 9.17) is 4.74 Å². The Hall–Kier alpha value is -3.22. The maximum absolute atomic E-state index is 12.1. The van der Waals surface area contributed by atoms with Crippen molar-refractivity contribution in [1.82, 2.24) is 15.1 Å². The Balaban J connectivity index is 1.35. The summed E-state index contributed by atoms with van der Waals surface area (Å²) < 4.78 is 5.53. The van der Waals surface area contributed by atoms with Crippen LogP contribution in [-0.4, -0.2) is 68.5 Å². The molecule has 0 atom stereocenters. The van der Waals surface area contributed by atoms with Crippen LogP contribution in [0.5, 0.6) is 5.75 Å². The number of piperazine rings is 1. The lowest BCUT2D eigenvalue weighted by molar-refractivity contribution is -0.128. The molecule has 1 amide bonds. The van der Waals surface area contributed by atoms with Gasteiger partial charge in [-0.05, 0) is 29.7 Å². The predicted molar refractivity (Wildman–Crippen MR) is 128 cm³/mol. The lowest BCUT2D eigenvalue weighted by Crippen LogP contribution is -2.52. The van der Waals surface area contributed by atoms with Crippen LogP contribution in [-0.2, 0) is 17.9 Å². The maximum atomic E-state index is 12.1. The van der Waals surface area contributed by atoms with Gasteiger partial charge in [0.15, 0.2) is 5.96 Å². The molecule has 2 aromatic rings. The fraction of sp³-hybridized carbons (Fsp3) is 0.440. The van der Waals surface area contributed by atoms with Crippen LogP contribution in [0.2, 0.25) is 0 Å². The van der Waals surface area contributed by atoms with E-state index in [0.29, 0.717) is 19.5 Å². The van der Waals surface area contributed by atoms with E-state index in [2.05, 4.69) is 50.4 Å². The molecule has 170 valence electrons. The van der Waals surface area contributed by atoms with Crippen molar-refractivity contribution >= 4 is 17.6 Å². The summed E-state index contributed by atoms with van der Waals surface area (Å²) in [6.07, 6.45) is 1.64. The number of para-hydroxylation sites is 2. The number of benzene rings is 2. The second-order valence-corrected chi connectivity index (χ2v) is 8.23. The molecule has 32 heavy (non-hydrogen) atoms. The molecule has 2 fully saturated rings. The predicted octanol–water partition coefficient (Wildman–Crippen LogP) is 2.72. The molecule has 0 radical (unpaired) electrons. The molecular weight excluding hydrogens is 402 g/mol. The van der Waals surface area contributed by atoms with Crippen molar-refractivity contribution in [3.05, 3.63) is 59.7 Å². The Labute approximate surface area is 190 Å². The Morgan fingerprint density at radius 1 is 1.00 bits per heavy atom. The molecule has 2 aliphatic rings. The van der Waals surface area contributed by atoms with Crippen LogP contribution in [0.25, 0.3) is 0 Å². The highest BCUT2D eigenvalue weighted by Crippen LogP contribution is 2.28. The van der Waals surface area contributed by atoms with Gasteiger partial charge in [-0.2, -0.15) is 0 Å². The van der Waals surface area contributed by atoms with Crippen LogP contribution in [0.15, 0.2) is 53.5 Å². The summed E-state index contributed by atoms with van der Waals surface area (Å²) in [7, 11) is 3.56. The molecule has 7 nitrogen and oxygen atoms in total. The molecule has 2 aromatic carbocycles. The average molecular weight is 436 g/mol. The summed E-state index contributed by atoms with van der Waals surface area (Å²) in [6.45, 7) is 5.84. The van der Waals surface area contributed by atoms with Gasteiger partial charge >= 0.3 is 0 Å². The van der Waals surface area contributed by atoms with Gasteiger partial charge in [-0.15, -0.1) is 0 Å². The van der Waals surface area contributed by atoms with Crippen LogP contribution in [0.3, 0.4) is 0 Å². The monoisotopic (exact) mass is 435 g/mol. The quantitative estimate of drug-likeness (QED) is 0.559. The molecule has 7 heteroatoms. The molecule has 0 unspecified atom stereocenters. The van der Waals surface area contributed by atoms with E-state index in [-0.39, 0.29) is 5.91 Å². The number of nitrogens with zero attached hydrogens (tertiary/aromatic N) is 4. The molecule has 0 aliphatic carbocycles. The number of nitrogens with one attached hydrogen (secondary N) is 1. The largest absolute Gasteiger partial charge is 0.495 e. The van der Waals surface area contributed by atoms with Crippen molar-refractivity contribution in [3.63, 3.8) is 0 Å². The summed E-state index contributed by atoms with van der Waals surface area (Å²) in [5.74, 6) is 2.09. The first-order valence-corrected chi connectivity index (χ1v) is 11.4. The van der Waals surface area contributed by atoms with Gasteiger partial charge < -0.3 is 24.8 Å². The van der Waals surface area contributed by atoms with Crippen molar-refractivity contribution in [2.24, 2.45) is 4.99 Å². The highest BCUT2D eigenvalue weighted by molar-refractivity contribution is 5.80. The molecular formula is C25H33N5O2. The van der Waals surface area contributed by atoms with Crippen molar-refractivity contribution in [2.45, 2.75) is 25.9 Å². The molecule has 2 aliphatic heterocycles. The number of anilines is 1. The van der Waals surface area contributed by atoms with E-state index in [0.717, 1.165) is 56.5 Å². The van der Waals surface area contributed by atoms with E-state index in [1.165, 1.54) is 11.1 Å². The van der Waals surface area contributed by atoms with E-state index in [9.17, 15) is 4.79 Å². The Bertz CT molecular complexity index is 953. The number of amides is 1. The first kappa shape index (κ1) is 22.0. The van der Waals surface area contributed by atoms with Gasteiger partial charge in [-0.1, -0.05) is 36.4 Å². The summed E-state index contributed by atoms with van der Waals surface area (Å²) >= 11 is 0. The Morgan fingerprint density at radius 2 is 1.72 bits per heavy atom. The second-order valence-electron chi connectivity index (χ2n) is 8.23. The zero-order valence-electron chi connectivity index (χ0n) is 19.1. The maximum Gasteiger partial charge on any atom is 0.222 e. The molecule has 0 aromatic heterocycles. The number of carbonyl (C=O) groups is 1. The van der Waals surface area contributed by atoms with E-state index >= 15 is 0 Å². The van der Waals surface area contributed by atoms with Gasteiger partial charge in [0, 0.05) is 59.3 Å². The van der Waals surface area contributed by atoms with Crippen LogP contribution < -0.4 is 15.0 Å². The molecule has 2 saturated heterocycles. The summed E-state index contributed by atoms with van der Waals surface area (Å²) in [5, 5.41) is 3.54. The molecule has 0 saturated carbocycles. The molecule has 2 heterocycles. The van der Waals surface area contributed by atoms with Gasteiger partial charge in [0.05, 0.1) is 12.8 Å². The van der Waals surface area contributed by atoms with Gasteiger partial charge in [0.25, 0.3) is 0 Å². The van der Waals surface area contributed by atoms with Crippen LogP contribution >= 0.6 is 0 Å². The fourth-order valence-electron chi connectivity index (χ4n) is 4.52. The van der Waals surface area contributed by atoms with Crippen molar-refractivity contribution in [1.29, 1.82) is 0 Å². The van der Waals surface area contributed by atoms with E-state index in [1.807, 2.05) is 30.1 Å². The summed E-state index contributed by atoms with van der Waals surface area (Å²) in [4.78, 5) is 23.2. The number of likely N-dealkylation sites (tertiary alicyclic amines) is 1. The van der Waals surface area contributed by atoms with Crippen LogP contribution in [0.1, 0.15) is 24.0 Å². The van der Waals surface area contributed by atoms with Crippen molar-refractivity contribution in [2.75, 3.05) is 51.8 Å². The first-order chi connectivity index (χ1) is 15.7. The van der Waals surface area contributed by atoms with Gasteiger partial charge in [0.1, 0.15) is 5.75 Å². The lowest BCUT2D eigenvalue weighted by Gasteiger charge is -2.38. The Kier molecular flexibility index (Phi) is 7.14. The standard InChI is InChI=1S/C25H33N5O2/c1-26-25(29-16-14-28(15-17-29)22-10-5-6-11-23(22)32-2)27-18-20-8-3-4-9-21(20)19-30-13-7-12-24(30)31/h3-6,8-11H,7,12-19H2,1-2H3,(H,26,27). The minimum atomic E-state index is 0.261. The van der Waals surface area contributed by atoms with Crippen LogP contribution in [0, 0.1) is 0 Å². The highest BCUT2D eigenvalue weighted by atomic mass is 16.5. The van der Waals surface area contributed by atoms with Gasteiger partial charge in [0.2, 0.25) is 5.91 Å². The Morgan fingerprint density at radius 3 is 2.41 bits per heavy atom. The number of carbonyl (C=O) groups excluding carboxylic acids is 1. The number of rotatable bonds is 6. The summed E-state index contributed by atoms with van der Waals surface area (Å²) in [6, 6.07) is 16.5. The third-order valence-corrected chi connectivity index (χ3v) is 6.30.